The molecule has 94 valence electrons. The molecule has 1 aliphatic carbocycles. The van der Waals surface area contributed by atoms with Gasteiger partial charge < -0.3 is 5.73 Å². The summed E-state index contributed by atoms with van der Waals surface area (Å²) in [5, 5.41) is 0. The summed E-state index contributed by atoms with van der Waals surface area (Å²) < 4.78 is 0. The van der Waals surface area contributed by atoms with Crippen LogP contribution in [0.2, 0.25) is 0 Å². The molecule has 1 saturated carbocycles. The Morgan fingerprint density at radius 2 is 1.56 bits per heavy atom. The highest BCUT2D eigenvalue weighted by Gasteiger charge is 2.35. The van der Waals surface area contributed by atoms with Crippen LogP contribution in [0.15, 0.2) is 0 Å². The van der Waals surface area contributed by atoms with Crippen molar-refractivity contribution in [3.05, 3.63) is 0 Å². The lowest BCUT2D eigenvalue weighted by Crippen LogP contribution is -2.55. The quantitative estimate of drug-likeness (QED) is 0.742. The van der Waals surface area contributed by atoms with Crippen LogP contribution in [0.3, 0.4) is 0 Å². The second-order valence-corrected chi connectivity index (χ2v) is 6.16. The monoisotopic (exact) mass is 224 g/mol. The Bertz CT molecular complexity index is 197. The molecule has 2 fully saturated rings. The number of nitrogens with two attached hydrogens (primary N) is 1. The van der Waals surface area contributed by atoms with Gasteiger partial charge in [0.25, 0.3) is 0 Å². The van der Waals surface area contributed by atoms with E-state index in [2.05, 4.69) is 18.7 Å². The smallest absolute Gasteiger partial charge is 0.0272 e. The van der Waals surface area contributed by atoms with Crippen molar-refractivity contribution in [3.8, 4) is 0 Å². The molecule has 2 nitrogen and oxygen atoms in total. The Hall–Kier alpha value is -0.0800. The third kappa shape index (κ3) is 2.78. The van der Waals surface area contributed by atoms with Crippen LogP contribution in [0.5, 0.6) is 0 Å². The Balaban J connectivity index is 1.99. The van der Waals surface area contributed by atoms with E-state index in [0.29, 0.717) is 12.1 Å². The number of hydrogen-bond donors (Lipinski definition) is 1. The van der Waals surface area contributed by atoms with Crippen molar-refractivity contribution >= 4 is 0 Å². The number of rotatable bonds is 1. The molecule has 4 atom stereocenters. The van der Waals surface area contributed by atoms with Crippen LogP contribution < -0.4 is 5.73 Å². The highest BCUT2D eigenvalue weighted by atomic mass is 15.2. The minimum atomic E-state index is 0.414. The third-order valence-corrected chi connectivity index (χ3v) is 4.53. The maximum Gasteiger partial charge on any atom is 0.0272 e. The zero-order chi connectivity index (χ0) is 11.5. The lowest BCUT2D eigenvalue weighted by atomic mass is 9.76. The molecule has 1 heterocycles. The van der Waals surface area contributed by atoms with Crippen LogP contribution in [-0.2, 0) is 0 Å². The second kappa shape index (κ2) is 5.50. The summed E-state index contributed by atoms with van der Waals surface area (Å²) in [7, 11) is 0. The van der Waals surface area contributed by atoms with Crippen molar-refractivity contribution < 1.29 is 0 Å². The largest absolute Gasteiger partial charge is 0.326 e. The van der Waals surface area contributed by atoms with Crippen LogP contribution in [0.25, 0.3) is 0 Å². The molecule has 1 aliphatic heterocycles. The Kier molecular flexibility index (Phi) is 4.26. The molecule has 0 aromatic rings. The van der Waals surface area contributed by atoms with Gasteiger partial charge in [0.05, 0.1) is 0 Å². The first-order valence-corrected chi connectivity index (χ1v) is 7.18. The molecule has 2 rings (SSSR count). The lowest BCUT2D eigenvalue weighted by Gasteiger charge is -2.44. The van der Waals surface area contributed by atoms with E-state index in [1.807, 2.05) is 0 Å². The molecular formula is C14H28N2. The lowest BCUT2D eigenvalue weighted by molar-refractivity contribution is 0.0781. The Morgan fingerprint density at radius 3 is 2.12 bits per heavy atom. The van der Waals surface area contributed by atoms with E-state index in [9.17, 15) is 0 Å². The van der Waals surface area contributed by atoms with Crippen LogP contribution >= 0.6 is 0 Å². The fourth-order valence-electron chi connectivity index (χ4n) is 3.92. The van der Waals surface area contributed by atoms with Gasteiger partial charge in [-0.1, -0.05) is 26.7 Å². The van der Waals surface area contributed by atoms with Crippen LogP contribution in [-0.4, -0.2) is 30.1 Å². The van der Waals surface area contributed by atoms with Gasteiger partial charge in [-0.3, -0.25) is 4.90 Å². The summed E-state index contributed by atoms with van der Waals surface area (Å²) in [5.74, 6) is 1.62. The van der Waals surface area contributed by atoms with Gasteiger partial charge in [-0.2, -0.15) is 0 Å². The molecule has 2 N–H and O–H groups in total. The first-order valence-electron chi connectivity index (χ1n) is 7.18. The van der Waals surface area contributed by atoms with Crippen LogP contribution in [0, 0.1) is 11.8 Å². The summed E-state index contributed by atoms with van der Waals surface area (Å²) >= 11 is 0. The van der Waals surface area contributed by atoms with Crippen molar-refractivity contribution in [1.82, 2.24) is 4.90 Å². The van der Waals surface area contributed by atoms with E-state index in [4.69, 9.17) is 5.73 Å². The zero-order valence-corrected chi connectivity index (χ0v) is 11.0. The minimum Gasteiger partial charge on any atom is -0.326 e. The van der Waals surface area contributed by atoms with Crippen LogP contribution in [0.1, 0.15) is 52.4 Å². The zero-order valence-electron chi connectivity index (χ0n) is 11.0. The number of nitrogens with zero attached hydrogens (tertiary/aromatic N) is 1. The van der Waals surface area contributed by atoms with E-state index < -0.39 is 0 Å². The van der Waals surface area contributed by atoms with E-state index in [0.717, 1.165) is 11.8 Å². The first-order chi connectivity index (χ1) is 7.68. The fraction of sp³-hybridized carbons (Fsp3) is 1.00. The molecule has 16 heavy (non-hydrogen) atoms. The first kappa shape index (κ1) is 12.4. The van der Waals surface area contributed by atoms with Crippen LogP contribution in [0.4, 0.5) is 0 Å². The summed E-state index contributed by atoms with van der Waals surface area (Å²) in [6, 6.07) is 1.08. The highest BCUT2D eigenvalue weighted by Crippen LogP contribution is 2.32. The molecule has 4 unspecified atom stereocenters. The van der Waals surface area contributed by atoms with Gasteiger partial charge in [0.1, 0.15) is 0 Å². The van der Waals surface area contributed by atoms with Crippen molar-refractivity contribution in [3.63, 3.8) is 0 Å². The van der Waals surface area contributed by atoms with Crippen molar-refractivity contribution in [1.29, 1.82) is 0 Å². The van der Waals surface area contributed by atoms with Crippen molar-refractivity contribution in [2.45, 2.75) is 64.5 Å². The predicted octanol–water partition coefficient (Wildman–Crippen LogP) is 2.62. The Morgan fingerprint density at radius 1 is 0.938 bits per heavy atom. The predicted molar refractivity (Wildman–Crippen MR) is 69.4 cm³/mol. The van der Waals surface area contributed by atoms with Gasteiger partial charge in [-0.15, -0.1) is 0 Å². The van der Waals surface area contributed by atoms with Gasteiger partial charge in [0.2, 0.25) is 0 Å². The van der Waals surface area contributed by atoms with E-state index in [-0.39, 0.29) is 0 Å². The molecule has 0 amide bonds. The van der Waals surface area contributed by atoms with E-state index in [1.54, 1.807) is 0 Å². The molecule has 0 radical (unpaired) electrons. The number of likely N-dealkylation sites (tertiary alicyclic amines) is 1. The Labute approximate surface area is 101 Å². The molecule has 2 heteroatoms. The average molecular weight is 224 g/mol. The molecule has 0 aromatic carbocycles. The normalized spacial score (nSPS) is 42.9. The summed E-state index contributed by atoms with van der Waals surface area (Å²) in [6.45, 7) is 7.34. The van der Waals surface area contributed by atoms with Gasteiger partial charge in [-0.05, 0) is 50.6 Å². The molecule has 2 aliphatic rings. The summed E-state index contributed by atoms with van der Waals surface area (Å²) in [6.07, 6.45) is 8.20. The molecule has 1 saturated heterocycles. The van der Waals surface area contributed by atoms with Gasteiger partial charge in [0, 0.05) is 12.1 Å². The van der Waals surface area contributed by atoms with Crippen molar-refractivity contribution in [2.24, 2.45) is 17.6 Å². The van der Waals surface area contributed by atoms with Gasteiger partial charge in [0.15, 0.2) is 0 Å². The molecule has 0 bridgehead atoms. The number of hydrogen-bond acceptors (Lipinski definition) is 2. The highest BCUT2D eigenvalue weighted by molar-refractivity contribution is 4.92. The summed E-state index contributed by atoms with van der Waals surface area (Å²) in [5.41, 5.74) is 6.40. The standard InChI is InChI=1S/C14H28N2/c1-11-9-12(2)14(13(15)10-11)16-7-5-3-4-6-8-16/h11-14H,3-10,15H2,1-2H3. The maximum absolute atomic E-state index is 6.40. The minimum absolute atomic E-state index is 0.414. The molecule has 0 spiro atoms. The molecular weight excluding hydrogens is 196 g/mol. The third-order valence-electron chi connectivity index (χ3n) is 4.53. The van der Waals surface area contributed by atoms with E-state index >= 15 is 0 Å². The van der Waals surface area contributed by atoms with E-state index in [1.165, 1.54) is 51.6 Å². The topological polar surface area (TPSA) is 29.3 Å². The maximum atomic E-state index is 6.40. The van der Waals surface area contributed by atoms with Crippen molar-refractivity contribution in [2.75, 3.05) is 13.1 Å². The average Bonchev–Trinajstić information content (AvgIpc) is 2.44. The fourth-order valence-corrected chi connectivity index (χ4v) is 3.92. The van der Waals surface area contributed by atoms with Gasteiger partial charge >= 0.3 is 0 Å². The van der Waals surface area contributed by atoms with Gasteiger partial charge in [-0.25, -0.2) is 0 Å². The summed E-state index contributed by atoms with van der Waals surface area (Å²) in [4.78, 5) is 2.70. The second-order valence-electron chi connectivity index (χ2n) is 6.16. The molecule has 0 aromatic heterocycles. The SMILES string of the molecule is CC1CC(C)C(N2CCCCCC2)C(N)C1.